The van der Waals surface area contributed by atoms with Gasteiger partial charge in [0.2, 0.25) is 0 Å². The smallest absolute Gasteiger partial charge is 0.0295 e. The summed E-state index contributed by atoms with van der Waals surface area (Å²) in [7, 11) is 0. The van der Waals surface area contributed by atoms with Crippen LogP contribution in [0.1, 0.15) is 39.4 Å². The number of hydrogen-bond donors (Lipinski definition) is 1. The van der Waals surface area contributed by atoms with Crippen molar-refractivity contribution >= 4 is 11.3 Å². The van der Waals surface area contributed by atoms with Crippen molar-refractivity contribution in [2.75, 3.05) is 0 Å². The van der Waals surface area contributed by atoms with Gasteiger partial charge in [0, 0.05) is 22.3 Å². The molecule has 1 nitrogen and oxygen atoms in total. The largest absolute Gasteiger partial charge is 0.306 e. The van der Waals surface area contributed by atoms with Gasteiger partial charge in [-0.15, -0.1) is 11.3 Å². The van der Waals surface area contributed by atoms with Crippen LogP contribution in [0.3, 0.4) is 0 Å². The van der Waals surface area contributed by atoms with Gasteiger partial charge in [-0.2, -0.15) is 0 Å². The van der Waals surface area contributed by atoms with Crippen molar-refractivity contribution in [2.24, 2.45) is 0 Å². The summed E-state index contributed by atoms with van der Waals surface area (Å²) in [6.07, 6.45) is 0. The maximum absolute atomic E-state index is 3.60. The summed E-state index contributed by atoms with van der Waals surface area (Å²) in [6, 6.07) is 11.4. The Morgan fingerprint density at radius 2 is 1.94 bits per heavy atom. The summed E-state index contributed by atoms with van der Waals surface area (Å²) in [6.45, 7) is 9.69. The van der Waals surface area contributed by atoms with Crippen LogP contribution in [0.4, 0.5) is 0 Å². The molecule has 0 aliphatic heterocycles. The molecule has 0 radical (unpaired) electrons. The van der Waals surface area contributed by atoms with Crippen LogP contribution in [0.2, 0.25) is 0 Å². The molecular weight excluding hydrogens is 238 g/mol. The van der Waals surface area contributed by atoms with Gasteiger partial charge in [0.25, 0.3) is 0 Å². The van der Waals surface area contributed by atoms with Crippen molar-refractivity contribution in [2.45, 2.75) is 40.3 Å². The molecule has 0 saturated carbocycles. The van der Waals surface area contributed by atoms with Crippen LogP contribution >= 0.6 is 11.3 Å². The van der Waals surface area contributed by atoms with Gasteiger partial charge in [-0.1, -0.05) is 29.8 Å². The van der Waals surface area contributed by atoms with E-state index in [1.165, 1.54) is 26.4 Å². The summed E-state index contributed by atoms with van der Waals surface area (Å²) in [5.41, 5.74) is 4.11. The lowest BCUT2D eigenvalue weighted by atomic mass is 10.1. The molecule has 0 unspecified atom stereocenters. The van der Waals surface area contributed by atoms with E-state index in [0.29, 0.717) is 6.04 Å². The number of benzene rings is 1. The summed E-state index contributed by atoms with van der Waals surface area (Å²) >= 11 is 1.88. The van der Waals surface area contributed by atoms with Gasteiger partial charge in [-0.3, -0.25) is 0 Å². The number of rotatable bonds is 4. The Kier molecular flexibility index (Phi) is 4.20. The van der Waals surface area contributed by atoms with Crippen LogP contribution in [0.15, 0.2) is 30.3 Å². The van der Waals surface area contributed by atoms with Crippen molar-refractivity contribution < 1.29 is 0 Å². The molecule has 0 spiro atoms. The molecule has 1 aromatic carbocycles. The second kappa shape index (κ2) is 5.68. The molecule has 18 heavy (non-hydrogen) atoms. The van der Waals surface area contributed by atoms with Crippen molar-refractivity contribution in [1.82, 2.24) is 5.32 Å². The summed E-state index contributed by atoms with van der Waals surface area (Å²) in [5.74, 6) is 0. The van der Waals surface area contributed by atoms with Crippen LogP contribution in [0.25, 0.3) is 0 Å². The molecule has 96 valence electrons. The predicted molar refractivity (Wildman–Crippen MR) is 80.2 cm³/mol. The molecule has 2 heteroatoms. The standard InChI is InChI=1S/C16H21NS/c1-11-6-5-7-15(8-11)13(3)17-10-16-9-12(2)18-14(16)4/h5-9,13,17H,10H2,1-4H3/t13-/m1/s1. The zero-order valence-electron chi connectivity index (χ0n) is 11.6. The van der Waals surface area contributed by atoms with Crippen molar-refractivity contribution in [1.29, 1.82) is 0 Å². The van der Waals surface area contributed by atoms with E-state index in [2.05, 4.69) is 63.3 Å². The molecule has 0 aliphatic rings. The molecule has 0 saturated heterocycles. The Morgan fingerprint density at radius 1 is 1.17 bits per heavy atom. The molecule has 1 atom stereocenters. The first-order valence-electron chi connectivity index (χ1n) is 6.42. The third-order valence-corrected chi connectivity index (χ3v) is 4.29. The minimum Gasteiger partial charge on any atom is -0.306 e. The topological polar surface area (TPSA) is 12.0 Å². The molecule has 0 fully saturated rings. The lowest BCUT2D eigenvalue weighted by molar-refractivity contribution is 0.574. The monoisotopic (exact) mass is 259 g/mol. The average molecular weight is 259 g/mol. The van der Waals surface area contributed by atoms with Gasteiger partial charge in [-0.05, 0) is 44.9 Å². The molecule has 0 bridgehead atoms. The summed E-state index contributed by atoms with van der Waals surface area (Å²) < 4.78 is 0. The zero-order chi connectivity index (χ0) is 13.1. The van der Waals surface area contributed by atoms with Crippen LogP contribution in [0, 0.1) is 20.8 Å². The molecule has 2 aromatic rings. The maximum atomic E-state index is 3.60. The third-order valence-electron chi connectivity index (χ3n) is 3.28. The van der Waals surface area contributed by atoms with Gasteiger partial charge in [-0.25, -0.2) is 0 Å². The second-order valence-corrected chi connectivity index (χ2v) is 6.42. The molecule has 2 rings (SSSR count). The maximum Gasteiger partial charge on any atom is 0.0295 e. The van der Waals surface area contributed by atoms with Crippen molar-refractivity contribution in [3.63, 3.8) is 0 Å². The normalized spacial score (nSPS) is 12.7. The Labute approximate surface area is 114 Å². The van der Waals surface area contributed by atoms with E-state index >= 15 is 0 Å². The number of aryl methyl sites for hydroxylation is 3. The summed E-state index contributed by atoms with van der Waals surface area (Å²) in [4.78, 5) is 2.82. The van der Waals surface area contributed by atoms with Gasteiger partial charge < -0.3 is 5.32 Å². The number of nitrogens with one attached hydrogen (secondary N) is 1. The summed E-state index contributed by atoms with van der Waals surface area (Å²) in [5, 5.41) is 3.60. The zero-order valence-corrected chi connectivity index (χ0v) is 12.4. The Bertz CT molecular complexity index is 528. The highest BCUT2D eigenvalue weighted by molar-refractivity contribution is 7.12. The van der Waals surface area contributed by atoms with E-state index in [1.54, 1.807) is 0 Å². The van der Waals surface area contributed by atoms with Crippen LogP contribution in [-0.2, 0) is 6.54 Å². The van der Waals surface area contributed by atoms with Crippen molar-refractivity contribution in [3.8, 4) is 0 Å². The SMILES string of the molecule is Cc1cccc([C@@H](C)NCc2cc(C)sc2C)c1. The Hall–Kier alpha value is -1.12. The van der Waals surface area contributed by atoms with Gasteiger partial charge in [0.05, 0.1) is 0 Å². The Balaban J connectivity index is 2.00. The number of hydrogen-bond acceptors (Lipinski definition) is 2. The highest BCUT2D eigenvalue weighted by Crippen LogP contribution is 2.21. The first-order valence-corrected chi connectivity index (χ1v) is 7.24. The minimum atomic E-state index is 0.393. The van der Waals surface area contributed by atoms with Gasteiger partial charge in [0.15, 0.2) is 0 Å². The third kappa shape index (κ3) is 3.21. The first kappa shape index (κ1) is 13.3. The van der Waals surface area contributed by atoms with Crippen LogP contribution in [-0.4, -0.2) is 0 Å². The molecule has 0 aliphatic carbocycles. The number of thiophene rings is 1. The lowest BCUT2D eigenvalue weighted by Crippen LogP contribution is -2.18. The van der Waals surface area contributed by atoms with Gasteiger partial charge in [0.1, 0.15) is 0 Å². The fourth-order valence-corrected chi connectivity index (χ4v) is 3.13. The van der Waals surface area contributed by atoms with E-state index in [0.717, 1.165) is 6.54 Å². The molecular formula is C16H21NS. The predicted octanol–water partition coefficient (Wildman–Crippen LogP) is 4.52. The van der Waals surface area contributed by atoms with Gasteiger partial charge >= 0.3 is 0 Å². The molecule has 1 aromatic heterocycles. The molecule has 1 N–H and O–H groups in total. The fourth-order valence-electron chi connectivity index (χ4n) is 2.18. The van der Waals surface area contributed by atoms with E-state index in [-0.39, 0.29) is 0 Å². The highest BCUT2D eigenvalue weighted by Gasteiger charge is 2.07. The van der Waals surface area contributed by atoms with Crippen LogP contribution in [0.5, 0.6) is 0 Å². The highest BCUT2D eigenvalue weighted by atomic mass is 32.1. The lowest BCUT2D eigenvalue weighted by Gasteiger charge is -2.14. The second-order valence-electron chi connectivity index (χ2n) is 4.96. The van der Waals surface area contributed by atoms with E-state index in [9.17, 15) is 0 Å². The van der Waals surface area contributed by atoms with E-state index in [1.807, 2.05) is 11.3 Å². The molecule has 0 amide bonds. The van der Waals surface area contributed by atoms with E-state index < -0.39 is 0 Å². The van der Waals surface area contributed by atoms with Crippen LogP contribution < -0.4 is 5.32 Å². The fraction of sp³-hybridized carbons (Fsp3) is 0.375. The minimum absolute atomic E-state index is 0.393. The quantitative estimate of drug-likeness (QED) is 0.851. The van der Waals surface area contributed by atoms with E-state index in [4.69, 9.17) is 0 Å². The van der Waals surface area contributed by atoms with Crippen molar-refractivity contribution in [3.05, 3.63) is 56.8 Å². The average Bonchev–Trinajstić information content (AvgIpc) is 2.65. The first-order chi connectivity index (χ1) is 8.56. The molecule has 1 heterocycles. The Morgan fingerprint density at radius 3 is 2.56 bits per heavy atom.